The number of aromatic nitrogens is 2. The molecule has 0 amide bonds. The van der Waals surface area contributed by atoms with Crippen LogP contribution in [0.3, 0.4) is 0 Å². The molecule has 6 aromatic rings. The second-order valence-corrected chi connectivity index (χ2v) is 17.9. The molecule has 1 radical (unpaired) electrons. The van der Waals surface area contributed by atoms with Crippen LogP contribution in [-0.4, -0.2) is 18.0 Å². The minimum atomic E-state index is -1.34. The van der Waals surface area contributed by atoms with E-state index in [2.05, 4.69) is 116 Å². The van der Waals surface area contributed by atoms with E-state index in [1.807, 2.05) is 54.7 Å². The molecule has 2 heterocycles. The van der Waals surface area contributed by atoms with Crippen LogP contribution in [-0.2, 0) is 20.1 Å². The van der Waals surface area contributed by atoms with Gasteiger partial charge in [-0.3, -0.25) is 0 Å². The van der Waals surface area contributed by atoms with Crippen molar-refractivity contribution in [2.24, 2.45) is 0 Å². The summed E-state index contributed by atoms with van der Waals surface area (Å²) in [6.07, 6.45) is 9.47. The summed E-state index contributed by atoms with van der Waals surface area (Å²) in [6.45, 7) is 7.28. The summed E-state index contributed by atoms with van der Waals surface area (Å²) in [5, 5.41) is 1.55. The Hall–Kier alpha value is -3.95. The van der Waals surface area contributed by atoms with Crippen molar-refractivity contribution in [1.82, 2.24) is 9.97 Å². The summed E-state index contributed by atoms with van der Waals surface area (Å²) in [5.41, 5.74) is 10.5. The standard InChI is InChI=1S/C23H16N.C19H24NSi.Ir/c1-3-7-18(8-4-1)19-11-13-20(14-12-19)22-15-16-24-23(17-22)21-9-5-2-6-10-21;1-21(2,3)19-14-20-18(16-11-5-4-6-12-16)13-17(19)15-9-7-8-10-15;/h1-9,11-17H;4-6,11,13-15H,7-10H2,1-3H3;/q2*-1;. The first-order chi connectivity index (χ1) is 22.0. The normalized spacial score (nSPS) is 12.9. The predicted octanol–water partition coefficient (Wildman–Crippen LogP) is 10.6. The molecule has 1 aliphatic carbocycles. The van der Waals surface area contributed by atoms with Gasteiger partial charge in [-0.15, -0.1) is 71.8 Å². The molecule has 46 heavy (non-hydrogen) atoms. The van der Waals surface area contributed by atoms with E-state index in [-0.39, 0.29) is 20.1 Å². The summed E-state index contributed by atoms with van der Waals surface area (Å²) in [6, 6.07) is 48.2. The second-order valence-electron chi connectivity index (χ2n) is 12.8. The molecule has 7 rings (SSSR count). The molecule has 2 aromatic heterocycles. The van der Waals surface area contributed by atoms with E-state index < -0.39 is 8.07 Å². The maximum Gasteiger partial charge on any atom is 0.0799 e. The average molecular weight is 793 g/mol. The largest absolute Gasteiger partial charge is 0.305 e. The first-order valence-electron chi connectivity index (χ1n) is 16.0. The third-order valence-corrected chi connectivity index (χ3v) is 10.6. The smallest absolute Gasteiger partial charge is 0.0799 e. The van der Waals surface area contributed by atoms with Crippen molar-refractivity contribution in [3.63, 3.8) is 0 Å². The molecule has 1 saturated carbocycles. The third-order valence-electron chi connectivity index (χ3n) is 8.59. The Bertz CT molecular complexity index is 1810. The van der Waals surface area contributed by atoms with E-state index in [9.17, 15) is 0 Å². The van der Waals surface area contributed by atoms with Crippen LogP contribution in [0.1, 0.15) is 37.2 Å². The van der Waals surface area contributed by atoms with Crippen LogP contribution in [0.5, 0.6) is 0 Å². The first-order valence-corrected chi connectivity index (χ1v) is 19.5. The number of hydrogen-bond donors (Lipinski definition) is 0. The third kappa shape index (κ3) is 8.25. The zero-order chi connectivity index (χ0) is 31.1. The van der Waals surface area contributed by atoms with Crippen LogP contribution in [0.2, 0.25) is 19.6 Å². The van der Waals surface area contributed by atoms with Gasteiger partial charge in [0.2, 0.25) is 0 Å². The monoisotopic (exact) mass is 793 g/mol. The fraction of sp³-hybridized carbons (Fsp3) is 0.190. The van der Waals surface area contributed by atoms with Gasteiger partial charge in [-0.05, 0) is 63.7 Å². The molecule has 4 aromatic carbocycles. The summed E-state index contributed by atoms with van der Waals surface area (Å²) < 4.78 is 0. The van der Waals surface area contributed by atoms with Gasteiger partial charge in [0, 0.05) is 32.5 Å². The molecule has 0 spiro atoms. The van der Waals surface area contributed by atoms with Crippen molar-refractivity contribution in [2.75, 3.05) is 0 Å². The van der Waals surface area contributed by atoms with E-state index in [0.29, 0.717) is 0 Å². The van der Waals surface area contributed by atoms with Gasteiger partial charge in [0.15, 0.2) is 0 Å². The number of rotatable bonds is 6. The van der Waals surface area contributed by atoms with Gasteiger partial charge in [0.05, 0.1) is 8.07 Å². The van der Waals surface area contributed by atoms with Crippen LogP contribution in [0, 0.1) is 12.1 Å². The van der Waals surface area contributed by atoms with Crippen LogP contribution >= 0.6 is 0 Å². The predicted molar refractivity (Wildman–Crippen MR) is 192 cm³/mol. The van der Waals surface area contributed by atoms with E-state index >= 15 is 0 Å². The number of hydrogen-bond acceptors (Lipinski definition) is 2. The van der Waals surface area contributed by atoms with Gasteiger partial charge in [-0.1, -0.05) is 105 Å². The number of pyridine rings is 2. The molecule has 0 N–H and O–H groups in total. The first kappa shape index (κ1) is 33.4. The van der Waals surface area contributed by atoms with E-state index in [1.54, 1.807) is 10.8 Å². The van der Waals surface area contributed by atoms with Gasteiger partial charge in [0.1, 0.15) is 0 Å². The van der Waals surface area contributed by atoms with Crippen LogP contribution in [0.15, 0.2) is 134 Å². The van der Waals surface area contributed by atoms with Gasteiger partial charge in [-0.25, -0.2) is 0 Å². The van der Waals surface area contributed by atoms with Gasteiger partial charge >= 0.3 is 0 Å². The topological polar surface area (TPSA) is 25.8 Å². The fourth-order valence-corrected chi connectivity index (χ4v) is 7.76. The van der Waals surface area contributed by atoms with E-state index in [1.165, 1.54) is 42.4 Å². The average Bonchev–Trinajstić information content (AvgIpc) is 3.65. The van der Waals surface area contributed by atoms with Crippen LogP contribution in [0.25, 0.3) is 44.8 Å². The van der Waals surface area contributed by atoms with Gasteiger partial charge in [-0.2, -0.15) is 0 Å². The summed E-state index contributed by atoms with van der Waals surface area (Å²) >= 11 is 0. The molecular formula is C42H40IrN2Si-2. The molecule has 0 saturated heterocycles. The van der Waals surface area contributed by atoms with Crippen molar-refractivity contribution in [3.05, 3.63) is 151 Å². The Labute approximate surface area is 289 Å². The molecule has 1 aliphatic rings. The van der Waals surface area contributed by atoms with Crippen molar-refractivity contribution < 1.29 is 20.1 Å². The molecule has 4 heteroatoms. The van der Waals surface area contributed by atoms with E-state index in [0.717, 1.165) is 34.0 Å². The number of benzene rings is 4. The molecule has 0 bridgehead atoms. The zero-order valence-corrected chi connectivity index (χ0v) is 30.2. The van der Waals surface area contributed by atoms with Gasteiger partial charge < -0.3 is 9.97 Å². The minimum Gasteiger partial charge on any atom is -0.305 e. The maximum atomic E-state index is 4.75. The summed E-state index contributed by atoms with van der Waals surface area (Å²) in [4.78, 5) is 9.22. The van der Waals surface area contributed by atoms with Crippen molar-refractivity contribution in [3.8, 4) is 44.8 Å². The Morgan fingerprint density at radius 3 is 1.70 bits per heavy atom. The second kappa shape index (κ2) is 15.6. The zero-order valence-electron chi connectivity index (χ0n) is 26.8. The molecule has 0 aliphatic heterocycles. The fourth-order valence-electron chi connectivity index (χ4n) is 6.17. The summed E-state index contributed by atoms with van der Waals surface area (Å²) in [7, 11) is -1.34. The van der Waals surface area contributed by atoms with Crippen molar-refractivity contribution in [1.29, 1.82) is 0 Å². The van der Waals surface area contributed by atoms with Crippen molar-refractivity contribution >= 4 is 13.3 Å². The van der Waals surface area contributed by atoms with Crippen molar-refractivity contribution in [2.45, 2.75) is 51.2 Å². The molecule has 0 atom stereocenters. The van der Waals surface area contributed by atoms with Crippen LogP contribution in [0.4, 0.5) is 0 Å². The Kier molecular flexibility index (Phi) is 11.3. The molecule has 0 unspecified atom stereocenters. The Morgan fingerprint density at radius 1 is 0.587 bits per heavy atom. The quantitative estimate of drug-likeness (QED) is 0.124. The van der Waals surface area contributed by atoms with Crippen LogP contribution < -0.4 is 5.19 Å². The number of nitrogens with zero attached hydrogens (tertiary/aromatic N) is 2. The molecular weight excluding hydrogens is 753 g/mol. The minimum absolute atomic E-state index is 0. The Balaban J connectivity index is 0.000000179. The Morgan fingerprint density at radius 2 is 1.13 bits per heavy atom. The van der Waals surface area contributed by atoms with Gasteiger partial charge in [0.25, 0.3) is 0 Å². The summed E-state index contributed by atoms with van der Waals surface area (Å²) in [5.74, 6) is 0.747. The molecule has 2 nitrogen and oxygen atoms in total. The molecule has 233 valence electrons. The SMILES string of the molecule is C[Si](C)(C)c1cnc(-c2[c-]cccc2)cc1C1CCCC1.[Ir].[c-]1ccccc1-c1cc(-c2ccc(-c3ccccc3)cc2)ccn1. The van der Waals surface area contributed by atoms with E-state index in [4.69, 9.17) is 4.98 Å². The molecule has 1 fully saturated rings. The maximum absolute atomic E-state index is 4.75.